The number of hydrogen-bond donors (Lipinski definition) is 0. The zero-order chi connectivity index (χ0) is 18.1. The van der Waals surface area contributed by atoms with Gasteiger partial charge in [-0.3, -0.25) is 4.79 Å². The summed E-state index contributed by atoms with van der Waals surface area (Å²) in [5, 5.41) is 0. The first-order valence-corrected chi connectivity index (χ1v) is 10.7. The van der Waals surface area contributed by atoms with Crippen LogP contribution < -0.4 is 4.74 Å². The molecule has 25 heavy (non-hydrogen) atoms. The van der Waals surface area contributed by atoms with Crippen molar-refractivity contribution in [3.05, 3.63) is 29.3 Å². The molecule has 1 fully saturated rings. The van der Waals surface area contributed by atoms with E-state index >= 15 is 0 Å². The maximum atomic E-state index is 12.2. The number of fused-ring (bicyclic) bond motifs is 2. The topological polar surface area (TPSA) is 72.9 Å². The van der Waals surface area contributed by atoms with Crippen LogP contribution in [0.5, 0.6) is 5.75 Å². The second-order valence-corrected chi connectivity index (χ2v) is 9.14. The molecule has 0 aliphatic carbocycles. The standard InChI is InChI=1S/C18H25NO5S/c1-23-15-3-4-16-14(13-15)5-11-24-18(16)7-9-19(10-8-18)17(20)6-12-25(2,21)22/h3-4,13H,5-12H2,1-2H3. The minimum Gasteiger partial charge on any atom is -0.497 e. The number of piperidine rings is 1. The highest BCUT2D eigenvalue weighted by Crippen LogP contribution is 2.42. The Morgan fingerprint density at radius 2 is 2.04 bits per heavy atom. The molecule has 0 saturated carbocycles. The number of likely N-dealkylation sites (tertiary alicyclic amines) is 1. The van der Waals surface area contributed by atoms with Crippen LogP contribution in [0.1, 0.15) is 30.4 Å². The molecule has 0 atom stereocenters. The van der Waals surface area contributed by atoms with Crippen molar-refractivity contribution in [1.82, 2.24) is 4.90 Å². The summed E-state index contributed by atoms with van der Waals surface area (Å²) in [6.07, 6.45) is 3.55. The second-order valence-electron chi connectivity index (χ2n) is 6.88. The van der Waals surface area contributed by atoms with Gasteiger partial charge in [0.1, 0.15) is 15.6 Å². The second kappa shape index (κ2) is 6.96. The Bertz CT molecular complexity index is 751. The van der Waals surface area contributed by atoms with Crippen molar-refractivity contribution < 1.29 is 22.7 Å². The van der Waals surface area contributed by atoms with Gasteiger partial charge in [-0.25, -0.2) is 8.42 Å². The molecule has 0 bridgehead atoms. The summed E-state index contributed by atoms with van der Waals surface area (Å²) >= 11 is 0. The molecule has 3 rings (SSSR count). The number of benzene rings is 1. The van der Waals surface area contributed by atoms with Crippen molar-refractivity contribution in [1.29, 1.82) is 0 Å². The van der Waals surface area contributed by atoms with Crippen LogP contribution in [0, 0.1) is 0 Å². The number of sulfone groups is 1. The Hall–Kier alpha value is -1.60. The van der Waals surface area contributed by atoms with Gasteiger partial charge < -0.3 is 14.4 Å². The Balaban J connectivity index is 1.69. The van der Waals surface area contributed by atoms with Gasteiger partial charge in [-0.05, 0) is 42.5 Å². The van der Waals surface area contributed by atoms with Gasteiger partial charge in [0.05, 0.1) is 25.1 Å². The summed E-state index contributed by atoms with van der Waals surface area (Å²) in [4.78, 5) is 14.0. The van der Waals surface area contributed by atoms with Crippen LogP contribution in [-0.2, 0) is 31.4 Å². The number of carbonyl (C=O) groups is 1. The van der Waals surface area contributed by atoms with Gasteiger partial charge >= 0.3 is 0 Å². The number of hydrogen-bond acceptors (Lipinski definition) is 5. The third kappa shape index (κ3) is 3.98. The minimum absolute atomic E-state index is 0.0560. The summed E-state index contributed by atoms with van der Waals surface area (Å²) in [5.41, 5.74) is 2.11. The molecule has 2 aliphatic rings. The van der Waals surface area contributed by atoms with Crippen molar-refractivity contribution in [2.75, 3.05) is 38.8 Å². The minimum atomic E-state index is -3.12. The molecule has 6 nitrogen and oxygen atoms in total. The smallest absolute Gasteiger partial charge is 0.223 e. The molecule has 1 aromatic rings. The fraction of sp³-hybridized carbons (Fsp3) is 0.611. The quantitative estimate of drug-likeness (QED) is 0.807. The van der Waals surface area contributed by atoms with Gasteiger partial charge in [-0.1, -0.05) is 6.07 Å². The molecule has 0 radical (unpaired) electrons. The first kappa shape index (κ1) is 18.2. The van der Waals surface area contributed by atoms with Gasteiger partial charge in [0.25, 0.3) is 0 Å². The maximum Gasteiger partial charge on any atom is 0.223 e. The van der Waals surface area contributed by atoms with Crippen molar-refractivity contribution in [2.24, 2.45) is 0 Å². The van der Waals surface area contributed by atoms with E-state index in [0.29, 0.717) is 19.7 Å². The van der Waals surface area contributed by atoms with Crippen molar-refractivity contribution in [3.63, 3.8) is 0 Å². The molecule has 138 valence electrons. The van der Waals surface area contributed by atoms with Gasteiger partial charge in [0, 0.05) is 25.8 Å². The Morgan fingerprint density at radius 1 is 1.32 bits per heavy atom. The molecule has 1 spiro atoms. The summed E-state index contributed by atoms with van der Waals surface area (Å²) < 4.78 is 34.0. The largest absolute Gasteiger partial charge is 0.497 e. The summed E-state index contributed by atoms with van der Waals surface area (Å²) in [6, 6.07) is 6.11. The first-order chi connectivity index (χ1) is 11.8. The normalized spacial score (nSPS) is 19.5. The number of nitrogens with zero attached hydrogens (tertiary/aromatic N) is 1. The fourth-order valence-corrected chi connectivity index (χ4v) is 4.29. The number of rotatable bonds is 4. The van der Waals surface area contributed by atoms with E-state index in [1.165, 1.54) is 11.1 Å². The summed E-state index contributed by atoms with van der Waals surface area (Å²) in [5.74, 6) is 0.669. The lowest BCUT2D eigenvalue weighted by atomic mass is 9.79. The van der Waals surface area contributed by atoms with E-state index in [2.05, 4.69) is 12.1 Å². The molecule has 2 aliphatic heterocycles. The third-order valence-electron chi connectivity index (χ3n) is 5.16. The number of carbonyl (C=O) groups excluding carboxylic acids is 1. The zero-order valence-electron chi connectivity index (χ0n) is 14.8. The van der Waals surface area contributed by atoms with E-state index in [0.717, 1.165) is 31.3 Å². The Labute approximate surface area is 149 Å². The van der Waals surface area contributed by atoms with E-state index in [1.807, 2.05) is 6.07 Å². The third-order valence-corrected chi connectivity index (χ3v) is 6.11. The van der Waals surface area contributed by atoms with Crippen LogP contribution in [0.2, 0.25) is 0 Å². The van der Waals surface area contributed by atoms with Crippen molar-refractivity contribution >= 4 is 15.7 Å². The lowest BCUT2D eigenvalue weighted by molar-refractivity contribution is -0.140. The molecule has 0 N–H and O–H groups in total. The van der Waals surface area contributed by atoms with Crippen LogP contribution in [-0.4, -0.2) is 58.0 Å². The van der Waals surface area contributed by atoms with Gasteiger partial charge in [0.2, 0.25) is 5.91 Å². The predicted molar refractivity (Wildman–Crippen MR) is 94.5 cm³/mol. The van der Waals surface area contributed by atoms with Crippen LogP contribution >= 0.6 is 0 Å². The van der Waals surface area contributed by atoms with Crippen molar-refractivity contribution in [2.45, 2.75) is 31.3 Å². The van der Waals surface area contributed by atoms with Crippen LogP contribution in [0.3, 0.4) is 0 Å². The molecule has 0 aromatic heterocycles. The molecule has 1 saturated heterocycles. The van der Waals surface area contributed by atoms with Gasteiger partial charge in [0.15, 0.2) is 0 Å². The molecule has 7 heteroatoms. The van der Waals surface area contributed by atoms with Crippen molar-refractivity contribution in [3.8, 4) is 5.75 Å². The lowest BCUT2D eigenvalue weighted by Gasteiger charge is -2.45. The Morgan fingerprint density at radius 3 is 2.68 bits per heavy atom. The van der Waals surface area contributed by atoms with E-state index in [9.17, 15) is 13.2 Å². The predicted octanol–water partition coefficient (Wildman–Crippen LogP) is 1.52. The highest BCUT2D eigenvalue weighted by Gasteiger charge is 2.41. The summed E-state index contributed by atoms with van der Waals surface area (Å²) in [6.45, 7) is 1.85. The molecule has 2 heterocycles. The molecule has 1 amide bonds. The molecule has 1 aromatic carbocycles. The van der Waals surface area contributed by atoms with E-state index in [-0.39, 0.29) is 23.7 Å². The number of methoxy groups -OCH3 is 1. The average Bonchev–Trinajstić information content (AvgIpc) is 2.59. The van der Waals surface area contributed by atoms with Crippen LogP contribution in [0.25, 0.3) is 0 Å². The van der Waals surface area contributed by atoms with E-state index < -0.39 is 9.84 Å². The maximum absolute atomic E-state index is 12.2. The highest BCUT2D eigenvalue weighted by molar-refractivity contribution is 7.90. The highest BCUT2D eigenvalue weighted by atomic mass is 32.2. The first-order valence-electron chi connectivity index (χ1n) is 8.60. The number of amides is 1. The fourth-order valence-electron chi connectivity index (χ4n) is 3.74. The summed E-state index contributed by atoms with van der Waals surface area (Å²) in [7, 11) is -1.45. The molecule has 0 unspecified atom stereocenters. The number of ether oxygens (including phenoxy) is 2. The van der Waals surface area contributed by atoms with E-state index in [4.69, 9.17) is 9.47 Å². The van der Waals surface area contributed by atoms with Crippen LogP contribution in [0.15, 0.2) is 18.2 Å². The molecular weight excluding hydrogens is 342 g/mol. The lowest BCUT2D eigenvalue weighted by Crippen LogP contribution is -2.48. The van der Waals surface area contributed by atoms with E-state index in [1.54, 1.807) is 12.0 Å². The SMILES string of the molecule is COc1ccc2c(c1)CCOC21CCN(C(=O)CCS(C)(=O)=O)CC1. The monoisotopic (exact) mass is 367 g/mol. The Kier molecular flexibility index (Phi) is 5.06. The molecular formula is C18H25NO5S. The van der Waals surface area contributed by atoms with Gasteiger partial charge in [-0.2, -0.15) is 0 Å². The van der Waals surface area contributed by atoms with Crippen LogP contribution in [0.4, 0.5) is 0 Å². The van der Waals surface area contributed by atoms with Gasteiger partial charge in [-0.15, -0.1) is 0 Å². The average molecular weight is 367 g/mol. The zero-order valence-corrected chi connectivity index (χ0v) is 15.6.